The molecule has 0 aromatic heterocycles. The molecule has 96 valence electrons. The number of fused-ring (bicyclic) bond motifs is 2. The molecule has 2 aliphatic rings. The summed E-state index contributed by atoms with van der Waals surface area (Å²) in [6.45, 7) is 2.13. The number of nitrogens with one attached hydrogen (secondary N) is 1. The zero-order valence-corrected chi connectivity index (χ0v) is 11.1. The first kappa shape index (κ1) is 12.0. The molecule has 1 N–H and O–H groups in total. The van der Waals surface area contributed by atoms with E-state index in [2.05, 4.69) is 24.4 Å². The molecule has 3 rings (SSSR count). The summed E-state index contributed by atoms with van der Waals surface area (Å²) in [6, 6.07) is 5.05. The second-order valence-corrected chi connectivity index (χ2v) is 5.88. The molecule has 1 aromatic rings. The molecule has 4 atom stereocenters. The lowest BCUT2D eigenvalue weighted by atomic mass is 9.87. The van der Waals surface area contributed by atoms with Gasteiger partial charge in [0.1, 0.15) is 5.82 Å². The number of hydrogen-bond donors (Lipinski definition) is 1. The van der Waals surface area contributed by atoms with Crippen LogP contribution in [-0.4, -0.2) is 6.04 Å². The molecule has 4 unspecified atom stereocenters. The molecule has 1 fully saturated rings. The van der Waals surface area contributed by atoms with Crippen molar-refractivity contribution in [3.05, 3.63) is 41.2 Å². The van der Waals surface area contributed by atoms with E-state index in [4.69, 9.17) is 11.6 Å². The predicted molar refractivity (Wildman–Crippen MR) is 73.3 cm³/mol. The van der Waals surface area contributed by atoms with E-state index in [0.29, 0.717) is 22.5 Å². The van der Waals surface area contributed by atoms with Crippen LogP contribution < -0.4 is 5.32 Å². The Balaban J connectivity index is 1.75. The molecular weight excluding hydrogens is 249 g/mol. The minimum atomic E-state index is -0.270. The Bertz CT molecular complexity index is 465. The Labute approximate surface area is 112 Å². The van der Waals surface area contributed by atoms with Gasteiger partial charge in [-0.3, -0.25) is 0 Å². The Hall–Kier alpha value is -1.02. The molecule has 0 heterocycles. The molecule has 0 amide bonds. The molecule has 0 saturated heterocycles. The number of halogens is 2. The molecule has 0 spiro atoms. The zero-order chi connectivity index (χ0) is 12.7. The van der Waals surface area contributed by atoms with Crippen molar-refractivity contribution < 1.29 is 4.39 Å². The van der Waals surface area contributed by atoms with Crippen LogP contribution in [-0.2, 0) is 0 Å². The van der Waals surface area contributed by atoms with Crippen molar-refractivity contribution in [3.8, 4) is 0 Å². The van der Waals surface area contributed by atoms with Crippen molar-refractivity contribution in [2.75, 3.05) is 5.32 Å². The second kappa shape index (κ2) is 4.58. The first-order valence-electron chi connectivity index (χ1n) is 6.54. The quantitative estimate of drug-likeness (QED) is 0.794. The SMILES string of the molecule is CC(Nc1c(F)cccc1Cl)C1CC2C=CC1C2. The van der Waals surface area contributed by atoms with E-state index >= 15 is 0 Å². The molecule has 1 saturated carbocycles. The standard InChI is InChI=1S/C15H17ClFN/c1-9(12-8-10-5-6-11(12)7-10)18-15-13(16)3-2-4-14(15)17/h2-6,9-12,18H,7-8H2,1H3. The van der Waals surface area contributed by atoms with Crippen LogP contribution in [0.4, 0.5) is 10.1 Å². The van der Waals surface area contributed by atoms with Crippen LogP contribution in [0.3, 0.4) is 0 Å². The lowest BCUT2D eigenvalue weighted by Gasteiger charge is -2.27. The van der Waals surface area contributed by atoms with Crippen LogP contribution in [0.1, 0.15) is 19.8 Å². The van der Waals surface area contributed by atoms with E-state index in [-0.39, 0.29) is 11.9 Å². The lowest BCUT2D eigenvalue weighted by Crippen LogP contribution is -2.29. The third-order valence-corrected chi connectivity index (χ3v) is 4.62. The highest BCUT2D eigenvalue weighted by molar-refractivity contribution is 6.33. The monoisotopic (exact) mass is 265 g/mol. The van der Waals surface area contributed by atoms with Crippen LogP contribution in [0.5, 0.6) is 0 Å². The lowest BCUT2D eigenvalue weighted by molar-refractivity contribution is 0.398. The first-order chi connectivity index (χ1) is 8.65. The average molecular weight is 266 g/mol. The summed E-state index contributed by atoms with van der Waals surface area (Å²) in [5.74, 6) is 1.71. The number of para-hydroxylation sites is 1. The van der Waals surface area contributed by atoms with Crippen LogP contribution in [0.2, 0.25) is 5.02 Å². The van der Waals surface area contributed by atoms with Crippen LogP contribution >= 0.6 is 11.6 Å². The van der Waals surface area contributed by atoms with Gasteiger partial charge in [0.2, 0.25) is 0 Å². The van der Waals surface area contributed by atoms with Gasteiger partial charge in [-0.2, -0.15) is 0 Å². The summed E-state index contributed by atoms with van der Waals surface area (Å²) >= 11 is 6.04. The van der Waals surface area contributed by atoms with Gasteiger partial charge in [0.25, 0.3) is 0 Å². The van der Waals surface area contributed by atoms with Gasteiger partial charge in [-0.05, 0) is 49.7 Å². The summed E-state index contributed by atoms with van der Waals surface area (Å²) < 4.78 is 13.7. The molecule has 1 aromatic carbocycles. The summed E-state index contributed by atoms with van der Waals surface area (Å²) in [4.78, 5) is 0. The smallest absolute Gasteiger partial charge is 0.147 e. The number of allylic oxidation sites excluding steroid dienone is 2. The number of rotatable bonds is 3. The number of benzene rings is 1. The fourth-order valence-corrected chi connectivity index (χ4v) is 3.59. The van der Waals surface area contributed by atoms with E-state index in [1.807, 2.05) is 0 Å². The van der Waals surface area contributed by atoms with Gasteiger partial charge in [-0.1, -0.05) is 29.8 Å². The van der Waals surface area contributed by atoms with Crippen molar-refractivity contribution in [2.45, 2.75) is 25.8 Å². The Morgan fingerprint density at radius 1 is 1.33 bits per heavy atom. The molecule has 0 aliphatic heterocycles. The molecule has 18 heavy (non-hydrogen) atoms. The fraction of sp³-hybridized carbons (Fsp3) is 0.467. The van der Waals surface area contributed by atoms with Gasteiger partial charge in [-0.15, -0.1) is 0 Å². The molecule has 0 radical (unpaired) electrons. The van der Waals surface area contributed by atoms with E-state index in [0.717, 1.165) is 5.92 Å². The topological polar surface area (TPSA) is 12.0 Å². The second-order valence-electron chi connectivity index (χ2n) is 5.47. The summed E-state index contributed by atoms with van der Waals surface area (Å²) in [6.07, 6.45) is 7.12. The first-order valence-corrected chi connectivity index (χ1v) is 6.92. The number of anilines is 1. The van der Waals surface area contributed by atoms with E-state index in [9.17, 15) is 4.39 Å². The minimum absolute atomic E-state index is 0.249. The van der Waals surface area contributed by atoms with Gasteiger partial charge in [0, 0.05) is 6.04 Å². The maximum Gasteiger partial charge on any atom is 0.147 e. The van der Waals surface area contributed by atoms with Crippen molar-refractivity contribution >= 4 is 17.3 Å². The fourth-order valence-electron chi connectivity index (χ4n) is 3.37. The van der Waals surface area contributed by atoms with Crippen LogP contribution in [0, 0.1) is 23.6 Å². The van der Waals surface area contributed by atoms with Crippen LogP contribution in [0.15, 0.2) is 30.4 Å². The Morgan fingerprint density at radius 2 is 2.17 bits per heavy atom. The summed E-state index contributed by atoms with van der Waals surface area (Å²) in [5.41, 5.74) is 0.443. The van der Waals surface area contributed by atoms with Crippen molar-refractivity contribution in [2.24, 2.45) is 17.8 Å². The number of hydrogen-bond acceptors (Lipinski definition) is 1. The Kier molecular flexibility index (Phi) is 3.06. The summed E-state index contributed by atoms with van der Waals surface area (Å²) in [7, 11) is 0. The average Bonchev–Trinajstić information content (AvgIpc) is 2.96. The van der Waals surface area contributed by atoms with Gasteiger partial charge in [0.15, 0.2) is 0 Å². The molecule has 3 heteroatoms. The van der Waals surface area contributed by atoms with Gasteiger partial charge < -0.3 is 5.32 Å². The third-order valence-electron chi connectivity index (χ3n) is 4.31. The normalized spacial score (nSPS) is 30.7. The van der Waals surface area contributed by atoms with Crippen LogP contribution in [0.25, 0.3) is 0 Å². The van der Waals surface area contributed by atoms with Gasteiger partial charge in [-0.25, -0.2) is 4.39 Å². The Morgan fingerprint density at radius 3 is 2.78 bits per heavy atom. The molecule has 1 nitrogen and oxygen atoms in total. The maximum absolute atomic E-state index is 13.7. The zero-order valence-electron chi connectivity index (χ0n) is 10.4. The van der Waals surface area contributed by atoms with Crippen molar-refractivity contribution in [3.63, 3.8) is 0 Å². The third kappa shape index (κ3) is 2.03. The van der Waals surface area contributed by atoms with E-state index < -0.39 is 0 Å². The van der Waals surface area contributed by atoms with E-state index in [1.54, 1.807) is 12.1 Å². The maximum atomic E-state index is 13.7. The molecular formula is C15H17ClFN. The predicted octanol–water partition coefficient (Wildman–Crippen LogP) is 4.49. The molecule has 2 aliphatic carbocycles. The minimum Gasteiger partial charge on any atom is -0.379 e. The molecule has 2 bridgehead atoms. The van der Waals surface area contributed by atoms with Gasteiger partial charge in [0.05, 0.1) is 10.7 Å². The highest BCUT2D eigenvalue weighted by atomic mass is 35.5. The van der Waals surface area contributed by atoms with E-state index in [1.165, 1.54) is 18.9 Å². The highest BCUT2D eigenvalue weighted by Gasteiger charge is 2.38. The van der Waals surface area contributed by atoms with Crippen molar-refractivity contribution in [1.29, 1.82) is 0 Å². The van der Waals surface area contributed by atoms with Gasteiger partial charge >= 0.3 is 0 Å². The summed E-state index contributed by atoms with van der Waals surface area (Å²) in [5, 5.41) is 3.72. The highest BCUT2D eigenvalue weighted by Crippen LogP contribution is 2.45. The van der Waals surface area contributed by atoms with Crippen molar-refractivity contribution in [1.82, 2.24) is 0 Å². The largest absolute Gasteiger partial charge is 0.379 e.